The minimum Gasteiger partial charge on any atom is -0.321 e. The molecule has 3 nitrogen and oxygen atoms in total. The highest BCUT2D eigenvalue weighted by Gasteiger charge is 2.38. The van der Waals surface area contributed by atoms with Gasteiger partial charge < -0.3 is 4.90 Å². The zero-order chi connectivity index (χ0) is 13.4. The lowest BCUT2D eigenvalue weighted by Crippen LogP contribution is -2.37. The minimum atomic E-state index is -0.0965. The molecule has 1 aromatic rings. The van der Waals surface area contributed by atoms with E-state index in [2.05, 4.69) is 5.32 Å². The normalized spacial score (nSPS) is 27.7. The van der Waals surface area contributed by atoms with E-state index in [1.54, 1.807) is 0 Å². The SMILES string of the molecule is CC1NC(c2ccc(Cl)cc2)N(CC2CCC2)C1=O. The van der Waals surface area contributed by atoms with E-state index in [4.69, 9.17) is 11.6 Å². The van der Waals surface area contributed by atoms with Gasteiger partial charge in [-0.3, -0.25) is 10.1 Å². The van der Waals surface area contributed by atoms with Crippen LogP contribution in [-0.4, -0.2) is 23.4 Å². The van der Waals surface area contributed by atoms with Crippen molar-refractivity contribution < 1.29 is 4.79 Å². The zero-order valence-corrected chi connectivity index (χ0v) is 11.9. The average Bonchev–Trinajstić information content (AvgIpc) is 2.62. The molecule has 2 aliphatic rings. The molecule has 1 aromatic carbocycles. The Morgan fingerprint density at radius 2 is 2.00 bits per heavy atom. The Kier molecular flexibility index (Phi) is 3.50. The van der Waals surface area contributed by atoms with Crippen molar-refractivity contribution in [2.75, 3.05) is 6.54 Å². The lowest BCUT2D eigenvalue weighted by molar-refractivity contribution is -0.130. The van der Waals surface area contributed by atoms with Crippen LogP contribution < -0.4 is 5.32 Å². The fourth-order valence-corrected chi connectivity index (χ4v) is 2.97. The van der Waals surface area contributed by atoms with Gasteiger partial charge in [-0.15, -0.1) is 0 Å². The Balaban J connectivity index is 1.80. The second kappa shape index (κ2) is 5.14. The largest absolute Gasteiger partial charge is 0.321 e. The van der Waals surface area contributed by atoms with E-state index in [0.29, 0.717) is 5.92 Å². The highest BCUT2D eigenvalue weighted by Crippen LogP contribution is 2.32. The summed E-state index contributed by atoms with van der Waals surface area (Å²) in [6.45, 7) is 2.81. The van der Waals surface area contributed by atoms with Crippen molar-refractivity contribution in [3.05, 3.63) is 34.9 Å². The molecule has 3 rings (SSSR count). The molecule has 2 fully saturated rings. The number of nitrogens with one attached hydrogen (secondary N) is 1. The van der Waals surface area contributed by atoms with Crippen molar-refractivity contribution in [1.29, 1.82) is 0 Å². The van der Waals surface area contributed by atoms with Crippen LogP contribution in [0.2, 0.25) is 5.02 Å². The predicted molar refractivity (Wildman–Crippen MR) is 75.8 cm³/mol. The second-order valence-corrected chi connectivity index (χ2v) is 6.07. The first-order valence-corrected chi connectivity index (χ1v) is 7.35. The highest BCUT2D eigenvalue weighted by molar-refractivity contribution is 6.30. The van der Waals surface area contributed by atoms with Gasteiger partial charge in [0.05, 0.1) is 6.04 Å². The summed E-state index contributed by atoms with van der Waals surface area (Å²) in [5.41, 5.74) is 1.11. The van der Waals surface area contributed by atoms with Crippen molar-refractivity contribution in [2.24, 2.45) is 5.92 Å². The quantitative estimate of drug-likeness (QED) is 0.922. The van der Waals surface area contributed by atoms with Gasteiger partial charge in [-0.25, -0.2) is 0 Å². The smallest absolute Gasteiger partial charge is 0.241 e. The molecule has 2 unspecified atom stereocenters. The van der Waals surface area contributed by atoms with Gasteiger partial charge in [0.15, 0.2) is 0 Å². The summed E-state index contributed by atoms with van der Waals surface area (Å²) in [7, 11) is 0. The summed E-state index contributed by atoms with van der Waals surface area (Å²) >= 11 is 5.93. The molecule has 1 saturated heterocycles. The lowest BCUT2D eigenvalue weighted by atomic mass is 9.85. The topological polar surface area (TPSA) is 32.3 Å². The lowest BCUT2D eigenvalue weighted by Gasteiger charge is -2.33. The first-order chi connectivity index (χ1) is 9.15. The van der Waals surface area contributed by atoms with E-state index in [1.165, 1.54) is 19.3 Å². The van der Waals surface area contributed by atoms with Crippen molar-refractivity contribution in [3.8, 4) is 0 Å². The van der Waals surface area contributed by atoms with E-state index in [9.17, 15) is 4.79 Å². The number of hydrogen-bond donors (Lipinski definition) is 1. The summed E-state index contributed by atoms with van der Waals surface area (Å²) in [5.74, 6) is 0.901. The van der Waals surface area contributed by atoms with Gasteiger partial charge in [0.2, 0.25) is 5.91 Å². The third kappa shape index (κ3) is 2.49. The standard InChI is InChI=1S/C15H19ClN2O/c1-10-15(19)18(9-11-3-2-4-11)14(17-10)12-5-7-13(16)8-6-12/h5-8,10-11,14,17H,2-4,9H2,1H3. The molecule has 2 atom stereocenters. The van der Waals surface area contributed by atoms with Crippen molar-refractivity contribution in [3.63, 3.8) is 0 Å². The van der Waals surface area contributed by atoms with E-state index in [-0.39, 0.29) is 18.1 Å². The van der Waals surface area contributed by atoms with Gasteiger partial charge in [-0.1, -0.05) is 30.2 Å². The number of benzene rings is 1. The van der Waals surface area contributed by atoms with Gasteiger partial charge in [-0.2, -0.15) is 0 Å². The van der Waals surface area contributed by atoms with Crippen molar-refractivity contribution in [1.82, 2.24) is 10.2 Å². The number of nitrogens with zero attached hydrogens (tertiary/aromatic N) is 1. The van der Waals surface area contributed by atoms with Gasteiger partial charge in [0.25, 0.3) is 0 Å². The Bertz CT molecular complexity index is 470. The zero-order valence-electron chi connectivity index (χ0n) is 11.1. The monoisotopic (exact) mass is 278 g/mol. The van der Waals surface area contributed by atoms with E-state index in [0.717, 1.165) is 17.1 Å². The molecule has 0 bridgehead atoms. The fraction of sp³-hybridized carbons (Fsp3) is 0.533. The van der Waals surface area contributed by atoms with Crippen molar-refractivity contribution >= 4 is 17.5 Å². The molecule has 1 heterocycles. The summed E-state index contributed by atoms with van der Waals surface area (Å²) in [6, 6.07) is 7.67. The first kappa shape index (κ1) is 12.9. The summed E-state index contributed by atoms with van der Waals surface area (Å²) < 4.78 is 0. The van der Waals surface area contributed by atoms with Gasteiger partial charge >= 0.3 is 0 Å². The van der Waals surface area contributed by atoms with Gasteiger partial charge in [0, 0.05) is 11.6 Å². The minimum absolute atomic E-state index is 0.000340. The number of hydrogen-bond acceptors (Lipinski definition) is 2. The van der Waals surface area contributed by atoms with Crippen LogP contribution >= 0.6 is 11.6 Å². The number of carbonyl (C=O) groups is 1. The molecule has 0 spiro atoms. The Morgan fingerprint density at radius 1 is 1.32 bits per heavy atom. The van der Waals surface area contributed by atoms with E-state index >= 15 is 0 Å². The maximum Gasteiger partial charge on any atom is 0.241 e. The second-order valence-electron chi connectivity index (χ2n) is 5.63. The molecule has 1 N–H and O–H groups in total. The average molecular weight is 279 g/mol. The van der Waals surface area contributed by atoms with Crippen LogP contribution in [0.5, 0.6) is 0 Å². The maximum atomic E-state index is 12.3. The van der Waals surface area contributed by atoms with E-state index < -0.39 is 0 Å². The molecule has 0 aromatic heterocycles. The maximum absolute atomic E-state index is 12.3. The molecular formula is C15H19ClN2O. The van der Waals surface area contributed by atoms with Crippen LogP contribution in [0, 0.1) is 5.92 Å². The number of carbonyl (C=O) groups excluding carboxylic acids is 1. The van der Waals surface area contributed by atoms with Gasteiger partial charge in [0.1, 0.15) is 6.17 Å². The van der Waals surface area contributed by atoms with Crippen molar-refractivity contribution in [2.45, 2.75) is 38.4 Å². The van der Waals surface area contributed by atoms with Crippen LogP contribution in [-0.2, 0) is 4.79 Å². The van der Waals surface area contributed by atoms with Crippen LogP contribution in [0.15, 0.2) is 24.3 Å². The number of rotatable bonds is 3. The Morgan fingerprint density at radius 3 is 2.58 bits per heavy atom. The molecule has 4 heteroatoms. The number of amides is 1. The fourth-order valence-electron chi connectivity index (χ4n) is 2.84. The molecule has 19 heavy (non-hydrogen) atoms. The van der Waals surface area contributed by atoms with Crippen LogP contribution in [0.3, 0.4) is 0 Å². The third-order valence-electron chi connectivity index (χ3n) is 4.24. The summed E-state index contributed by atoms with van der Waals surface area (Å²) in [5, 5.41) is 4.10. The predicted octanol–water partition coefficient (Wildman–Crippen LogP) is 2.96. The Hall–Kier alpha value is -1.06. The summed E-state index contributed by atoms with van der Waals surface area (Å²) in [4.78, 5) is 14.3. The molecule has 1 saturated carbocycles. The molecule has 1 aliphatic carbocycles. The van der Waals surface area contributed by atoms with Gasteiger partial charge in [-0.05, 0) is 43.4 Å². The molecule has 0 radical (unpaired) electrons. The third-order valence-corrected chi connectivity index (χ3v) is 4.49. The number of halogens is 1. The Labute approximate surface area is 118 Å². The first-order valence-electron chi connectivity index (χ1n) is 6.97. The van der Waals surface area contributed by atoms with Crippen LogP contribution in [0.4, 0.5) is 0 Å². The molecule has 1 aliphatic heterocycles. The summed E-state index contributed by atoms with van der Waals surface area (Å²) in [6.07, 6.45) is 3.82. The van der Waals surface area contributed by atoms with Crippen LogP contribution in [0.1, 0.15) is 37.9 Å². The highest BCUT2D eigenvalue weighted by atomic mass is 35.5. The molecule has 102 valence electrons. The van der Waals surface area contributed by atoms with E-state index in [1.807, 2.05) is 36.1 Å². The van der Waals surface area contributed by atoms with Crippen LogP contribution in [0.25, 0.3) is 0 Å². The molecule has 1 amide bonds. The molecular weight excluding hydrogens is 260 g/mol.